The molecule has 0 fully saturated rings. The third kappa shape index (κ3) is 3.60. The summed E-state index contributed by atoms with van der Waals surface area (Å²) in [4.78, 5) is 41.5. The summed E-state index contributed by atoms with van der Waals surface area (Å²) in [6, 6.07) is 3.60. The van der Waals surface area contributed by atoms with Crippen LogP contribution in [0.1, 0.15) is 44.3 Å². The highest BCUT2D eigenvalue weighted by molar-refractivity contribution is 6.20. The van der Waals surface area contributed by atoms with Crippen molar-refractivity contribution < 1.29 is 34.4 Å². The van der Waals surface area contributed by atoms with Crippen LogP contribution < -0.4 is 19.9 Å². The maximum atomic E-state index is 13.9. The number of aliphatic hydroxyl groups is 1. The number of aliphatic hydroxyl groups excluding tert-OH is 1. The summed E-state index contributed by atoms with van der Waals surface area (Å²) in [7, 11) is 8.51. The number of rotatable bonds is 4. The van der Waals surface area contributed by atoms with E-state index < -0.39 is 40.6 Å². The number of nitrogens with one attached hydrogen (secondary N) is 1. The Morgan fingerprint density at radius 3 is 2.17 bits per heavy atom. The highest BCUT2D eigenvalue weighted by Crippen LogP contribution is 2.52. The first kappa shape index (κ1) is 24.9. The average molecular weight is 496 g/mol. The zero-order valence-electron chi connectivity index (χ0n) is 21.0. The van der Waals surface area contributed by atoms with Crippen molar-refractivity contribution in [2.75, 3.05) is 45.1 Å². The van der Waals surface area contributed by atoms with Crippen LogP contribution in [0, 0.1) is 5.92 Å². The Balaban J connectivity index is 2.02. The number of ether oxygens (including phenoxy) is 1. The molecule has 0 heterocycles. The van der Waals surface area contributed by atoms with Crippen LogP contribution in [0.25, 0.3) is 5.76 Å². The number of phenolic OH excluding ortho intramolecular Hbond substituents is 2. The number of amides is 2. The number of aromatic hydroxyl groups is 2. The van der Waals surface area contributed by atoms with Crippen LogP contribution in [0.4, 0.5) is 11.4 Å². The van der Waals surface area contributed by atoms with Gasteiger partial charge >= 0.3 is 0 Å². The molecule has 1 unspecified atom stereocenters. The second kappa shape index (κ2) is 8.78. The Labute approximate surface area is 208 Å². The molecule has 2 aromatic carbocycles. The van der Waals surface area contributed by atoms with Crippen LogP contribution in [0.3, 0.4) is 0 Å². The van der Waals surface area contributed by atoms with Crippen LogP contribution in [0.5, 0.6) is 17.2 Å². The highest BCUT2D eigenvalue weighted by atomic mass is 16.5. The van der Waals surface area contributed by atoms with Crippen LogP contribution in [0.15, 0.2) is 17.7 Å². The fourth-order valence-corrected chi connectivity index (χ4v) is 5.32. The number of Topliss-reactive ketones (excluding diaryl/α,β-unsaturated/α-hetero) is 1. The van der Waals surface area contributed by atoms with E-state index >= 15 is 0 Å². The van der Waals surface area contributed by atoms with Crippen molar-refractivity contribution in [3.8, 4) is 17.2 Å². The maximum Gasteiger partial charge on any atom is 0.265 e. The Morgan fingerprint density at radius 1 is 0.972 bits per heavy atom. The first-order valence-corrected chi connectivity index (χ1v) is 11.4. The van der Waals surface area contributed by atoms with Gasteiger partial charge in [0.25, 0.3) is 5.91 Å². The Hall–Kier alpha value is -4.21. The molecule has 10 nitrogen and oxygen atoms in total. The van der Waals surface area contributed by atoms with Gasteiger partial charge in [-0.05, 0) is 42.0 Å². The van der Waals surface area contributed by atoms with E-state index in [0.717, 1.165) is 18.2 Å². The van der Waals surface area contributed by atoms with Gasteiger partial charge in [-0.1, -0.05) is 0 Å². The number of carbonyl (C=O) groups excluding carboxylic acids is 3. The number of hydrogen-bond donors (Lipinski definition) is 4. The fourth-order valence-electron chi connectivity index (χ4n) is 5.32. The number of hydrogen-bond acceptors (Lipinski definition) is 9. The predicted octanol–water partition coefficient (Wildman–Crippen LogP) is 2.40. The number of benzene rings is 2. The zero-order valence-corrected chi connectivity index (χ0v) is 21.0. The van der Waals surface area contributed by atoms with Gasteiger partial charge in [-0.3, -0.25) is 19.7 Å². The van der Waals surface area contributed by atoms with Crippen molar-refractivity contribution in [1.82, 2.24) is 5.32 Å². The van der Waals surface area contributed by atoms with Crippen molar-refractivity contribution in [3.05, 3.63) is 45.5 Å². The molecule has 0 spiro atoms. The molecule has 4 rings (SSSR count). The number of carbonyl (C=O) groups is 3. The molecule has 0 saturated carbocycles. The minimum Gasteiger partial charge on any atom is -0.507 e. The summed E-state index contributed by atoms with van der Waals surface area (Å²) in [5.41, 5.74) is 1.98. The van der Waals surface area contributed by atoms with E-state index in [1.807, 2.05) is 30.4 Å². The van der Waals surface area contributed by atoms with E-state index in [2.05, 4.69) is 0 Å². The quantitative estimate of drug-likeness (QED) is 0.503. The predicted molar refractivity (Wildman–Crippen MR) is 134 cm³/mol. The minimum absolute atomic E-state index is 0.104. The Morgan fingerprint density at radius 2 is 1.61 bits per heavy atom. The lowest BCUT2D eigenvalue weighted by atomic mass is 9.70. The molecule has 36 heavy (non-hydrogen) atoms. The van der Waals surface area contributed by atoms with Crippen LogP contribution >= 0.6 is 0 Å². The summed E-state index contributed by atoms with van der Waals surface area (Å²) >= 11 is 0. The number of anilines is 2. The largest absolute Gasteiger partial charge is 0.507 e. The molecule has 190 valence electrons. The Kier molecular flexibility index (Phi) is 6.07. The van der Waals surface area contributed by atoms with E-state index in [9.17, 15) is 29.7 Å². The van der Waals surface area contributed by atoms with Gasteiger partial charge in [0.15, 0.2) is 11.5 Å². The van der Waals surface area contributed by atoms with Gasteiger partial charge in [-0.25, -0.2) is 0 Å². The van der Waals surface area contributed by atoms with Gasteiger partial charge in [-0.15, -0.1) is 0 Å². The number of fused-ring (bicyclic) bond motifs is 3. The summed E-state index contributed by atoms with van der Waals surface area (Å²) in [6.07, 6.45) is 0.624. The van der Waals surface area contributed by atoms with E-state index in [1.165, 1.54) is 7.11 Å². The van der Waals surface area contributed by atoms with Crippen LogP contribution in [-0.4, -0.2) is 68.2 Å². The van der Waals surface area contributed by atoms with Crippen molar-refractivity contribution in [2.24, 2.45) is 5.92 Å². The molecule has 4 N–H and O–H groups in total. The molecular weight excluding hydrogens is 466 g/mol. The number of allylic oxidation sites excluding steroid dienone is 1. The number of imide groups is 1. The molecule has 0 aliphatic heterocycles. The number of phenols is 2. The second-order valence-electron chi connectivity index (χ2n) is 9.41. The van der Waals surface area contributed by atoms with Gasteiger partial charge in [-0.2, -0.15) is 0 Å². The third-order valence-electron chi connectivity index (χ3n) is 6.71. The molecule has 0 radical (unpaired) electrons. The molecule has 10 heteroatoms. The highest BCUT2D eigenvalue weighted by Gasteiger charge is 2.44. The molecule has 2 amide bonds. The van der Waals surface area contributed by atoms with Gasteiger partial charge in [0.2, 0.25) is 5.91 Å². The lowest BCUT2D eigenvalue weighted by Crippen LogP contribution is -2.33. The maximum absolute atomic E-state index is 13.9. The number of ketones is 1. The Bertz CT molecular complexity index is 1360. The number of nitrogens with zero attached hydrogens (tertiary/aromatic N) is 2. The lowest BCUT2D eigenvalue weighted by molar-refractivity contribution is -0.118. The van der Waals surface area contributed by atoms with E-state index in [4.69, 9.17) is 4.74 Å². The normalized spacial score (nSPS) is 16.1. The average Bonchev–Trinajstić information content (AvgIpc) is 2.77. The molecule has 2 aliphatic carbocycles. The summed E-state index contributed by atoms with van der Waals surface area (Å²) in [5, 5.41) is 35.5. The van der Waals surface area contributed by atoms with E-state index in [1.54, 1.807) is 25.1 Å². The molecule has 0 bridgehead atoms. The van der Waals surface area contributed by atoms with Gasteiger partial charge in [0.1, 0.15) is 22.8 Å². The zero-order chi connectivity index (χ0) is 26.6. The monoisotopic (exact) mass is 495 g/mol. The van der Waals surface area contributed by atoms with Crippen molar-refractivity contribution >= 4 is 34.7 Å². The second-order valence-corrected chi connectivity index (χ2v) is 9.41. The first-order chi connectivity index (χ1) is 16.9. The van der Waals surface area contributed by atoms with Gasteiger partial charge < -0.3 is 29.9 Å². The SMILES string of the molecule is COc1ccc(N(C)C)c2c1C(O)=C1C(=O)c3c(O)c(C(=O)NC(C)=O)c(O)c(N(C)C)c3CC1C2. The first-order valence-electron chi connectivity index (χ1n) is 11.4. The fraction of sp³-hybridized carbons (Fsp3) is 0.346. The lowest BCUT2D eigenvalue weighted by Gasteiger charge is -2.36. The summed E-state index contributed by atoms with van der Waals surface area (Å²) in [5.74, 6) is -3.95. The summed E-state index contributed by atoms with van der Waals surface area (Å²) < 4.78 is 5.48. The number of methoxy groups -OCH3 is 1. The van der Waals surface area contributed by atoms with E-state index in [0.29, 0.717) is 23.3 Å². The van der Waals surface area contributed by atoms with E-state index in [-0.39, 0.29) is 29.0 Å². The van der Waals surface area contributed by atoms with Crippen molar-refractivity contribution in [1.29, 1.82) is 0 Å². The summed E-state index contributed by atoms with van der Waals surface area (Å²) in [6.45, 7) is 1.12. The van der Waals surface area contributed by atoms with Crippen molar-refractivity contribution in [2.45, 2.75) is 19.8 Å². The smallest absolute Gasteiger partial charge is 0.265 e. The molecule has 0 saturated heterocycles. The minimum atomic E-state index is -1.04. The molecule has 2 aromatic rings. The molecule has 0 aromatic heterocycles. The molecule has 2 aliphatic rings. The van der Waals surface area contributed by atoms with Crippen LogP contribution in [-0.2, 0) is 17.6 Å². The molecular formula is C26H29N3O7. The third-order valence-corrected chi connectivity index (χ3v) is 6.71. The topological polar surface area (TPSA) is 140 Å². The molecule has 1 atom stereocenters. The standard InChI is InChI=1S/C26H29N3O7/c1-11(30)27-26(35)20-24(33)19-14(21(25(20)34)29(4)5)10-12-9-13-15(28(2)3)7-8-16(36-6)18(13)22(31)17(12)23(19)32/h7-8,12,31,33-34H,9-10H2,1-6H3,(H,27,30,35). The van der Waals surface area contributed by atoms with Gasteiger partial charge in [0.05, 0.1) is 23.9 Å². The van der Waals surface area contributed by atoms with Crippen molar-refractivity contribution in [3.63, 3.8) is 0 Å². The van der Waals surface area contributed by atoms with Crippen LogP contribution in [0.2, 0.25) is 0 Å². The van der Waals surface area contributed by atoms with Gasteiger partial charge in [0, 0.05) is 46.4 Å².